The third-order valence-electron chi connectivity index (χ3n) is 2.61. The van der Waals surface area contributed by atoms with Gasteiger partial charge in [0, 0.05) is 13.1 Å². The van der Waals surface area contributed by atoms with Gasteiger partial charge in [0.05, 0.1) is 16.7 Å². The van der Waals surface area contributed by atoms with Crippen molar-refractivity contribution in [2.45, 2.75) is 13.8 Å². The molecule has 0 spiro atoms. The molecule has 0 heterocycles. The highest BCUT2D eigenvalue weighted by Crippen LogP contribution is 2.25. The molecule has 1 aromatic rings. The highest BCUT2D eigenvalue weighted by molar-refractivity contribution is 6.32. The van der Waals surface area contributed by atoms with Crippen molar-refractivity contribution in [1.82, 2.24) is 4.90 Å². The first kappa shape index (κ1) is 16.1. The Morgan fingerprint density at radius 1 is 1.55 bits per heavy atom. The Morgan fingerprint density at radius 2 is 2.25 bits per heavy atom. The van der Waals surface area contributed by atoms with Crippen LogP contribution in [0, 0.1) is 11.3 Å². The molecule has 5 heteroatoms. The second-order valence-electron chi connectivity index (χ2n) is 4.41. The van der Waals surface area contributed by atoms with E-state index >= 15 is 0 Å². The number of likely N-dealkylation sites (N-methyl/N-ethyl adjacent to an activating group) is 1. The summed E-state index contributed by atoms with van der Waals surface area (Å²) >= 11 is 5.97. The van der Waals surface area contributed by atoms with Crippen LogP contribution in [-0.4, -0.2) is 30.5 Å². The zero-order valence-electron chi connectivity index (χ0n) is 11.6. The van der Waals surface area contributed by atoms with E-state index in [1.807, 2.05) is 19.9 Å². The number of carbonyl (C=O) groups excluding carboxylic acids is 1. The van der Waals surface area contributed by atoms with Gasteiger partial charge in [-0.2, -0.15) is 5.26 Å². The van der Waals surface area contributed by atoms with Crippen molar-refractivity contribution in [1.29, 1.82) is 5.26 Å². The minimum Gasteiger partial charge on any atom is -0.482 e. The molecule has 1 amide bonds. The summed E-state index contributed by atoms with van der Waals surface area (Å²) in [6.07, 6.45) is 0. The fourth-order valence-electron chi connectivity index (χ4n) is 1.62. The van der Waals surface area contributed by atoms with Crippen LogP contribution in [0.4, 0.5) is 0 Å². The van der Waals surface area contributed by atoms with Crippen LogP contribution < -0.4 is 4.74 Å². The van der Waals surface area contributed by atoms with Gasteiger partial charge in [0.2, 0.25) is 0 Å². The normalized spacial score (nSPS) is 9.70. The first-order valence-corrected chi connectivity index (χ1v) is 6.60. The van der Waals surface area contributed by atoms with Gasteiger partial charge in [-0.05, 0) is 32.0 Å². The fourth-order valence-corrected chi connectivity index (χ4v) is 1.86. The van der Waals surface area contributed by atoms with E-state index in [9.17, 15) is 4.79 Å². The predicted molar refractivity (Wildman–Crippen MR) is 78.7 cm³/mol. The lowest BCUT2D eigenvalue weighted by molar-refractivity contribution is -0.132. The van der Waals surface area contributed by atoms with E-state index in [-0.39, 0.29) is 12.5 Å². The van der Waals surface area contributed by atoms with Gasteiger partial charge in [-0.15, -0.1) is 0 Å². The highest BCUT2D eigenvalue weighted by atomic mass is 35.5. The molecule has 0 aliphatic heterocycles. The number of rotatable bonds is 6. The maximum absolute atomic E-state index is 12.0. The first-order chi connectivity index (χ1) is 9.47. The van der Waals surface area contributed by atoms with E-state index < -0.39 is 0 Å². The maximum atomic E-state index is 12.0. The average Bonchev–Trinajstić information content (AvgIpc) is 2.42. The van der Waals surface area contributed by atoms with Gasteiger partial charge in [-0.3, -0.25) is 4.79 Å². The van der Waals surface area contributed by atoms with Crippen molar-refractivity contribution in [2.24, 2.45) is 0 Å². The zero-order chi connectivity index (χ0) is 15.1. The molecule has 0 bridgehead atoms. The summed E-state index contributed by atoms with van der Waals surface area (Å²) in [5.74, 6) is 0.265. The lowest BCUT2D eigenvalue weighted by Crippen LogP contribution is -2.35. The molecule has 0 radical (unpaired) electrons. The molecule has 0 aliphatic rings. The summed E-state index contributed by atoms with van der Waals surface area (Å²) in [6.45, 7) is 8.57. The fraction of sp³-hybridized carbons (Fsp3) is 0.333. The van der Waals surface area contributed by atoms with Crippen LogP contribution in [0.5, 0.6) is 5.75 Å². The van der Waals surface area contributed by atoms with E-state index in [1.54, 1.807) is 17.0 Å². The minimum atomic E-state index is -0.129. The second kappa shape index (κ2) is 7.56. The van der Waals surface area contributed by atoms with E-state index in [0.717, 1.165) is 5.57 Å². The minimum absolute atomic E-state index is 0.0905. The molecule has 0 unspecified atom stereocenters. The van der Waals surface area contributed by atoms with Crippen LogP contribution in [0.3, 0.4) is 0 Å². The number of nitriles is 1. The third kappa shape index (κ3) is 4.60. The van der Waals surface area contributed by atoms with Crippen molar-refractivity contribution in [3.8, 4) is 11.8 Å². The number of hydrogen-bond acceptors (Lipinski definition) is 3. The molecule has 4 nitrogen and oxygen atoms in total. The van der Waals surface area contributed by atoms with Crippen LogP contribution in [-0.2, 0) is 4.79 Å². The van der Waals surface area contributed by atoms with E-state index in [4.69, 9.17) is 21.6 Å². The monoisotopic (exact) mass is 292 g/mol. The van der Waals surface area contributed by atoms with Crippen molar-refractivity contribution >= 4 is 17.5 Å². The Labute approximate surface area is 124 Å². The summed E-state index contributed by atoms with van der Waals surface area (Å²) in [5, 5.41) is 9.06. The summed E-state index contributed by atoms with van der Waals surface area (Å²) in [4.78, 5) is 13.6. The molecular weight excluding hydrogens is 276 g/mol. The Bertz CT molecular complexity index is 549. The number of halogens is 1. The summed E-state index contributed by atoms with van der Waals surface area (Å²) < 4.78 is 5.40. The molecule has 0 fully saturated rings. The molecule has 0 aromatic heterocycles. The molecule has 0 N–H and O–H groups in total. The number of amides is 1. The largest absolute Gasteiger partial charge is 0.482 e. The topological polar surface area (TPSA) is 53.3 Å². The molecule has 0 saturated heterocycles. The number of carbonyl (C=O) groups is 1. The van der Waals surface area contributed by atoms with Gasteiger partial charge >= 0.3 is 0 Å². The van der Waals surface area contributed by atoms with E-state index in [1.165, 1.54) is 6.07 Å². The van der Waals surface area contributed by atoms with E-state index in [2.05, 4.69) is 6.58 Å². The number of benzene rings is 1. The van der Waals surface area contributed by atoms with Gasteiger partial charge in [0.1, 0.15) is 5.75 Å². The molecule has 0 aliphatic carbocycles. The van der Waals surface area contributed by atoms with Gasteiger partial charge < -0.3 is 9.64 Å². The maximum Gasteiger partial charge on any atom is 0.260 e. The molecule has 0 atom stereocenters. The van der Waals surface area contributed by atoms with Crippen LogP contribution in [0.2, 0.25) is 5.02 Å². The van der Waals surface area contributed by atoms with Gasteiger partial charge in [0.15, 0.2) is 6.61 Å². The van der Waals surface area contributed by atoms with Crippen molar-refractivity contribution in [2.75, 3.05) is 19.7 Å². The smallest absolute Gasteiger partial charge is 0.260 e. The summed E-state index contributed by atoms with van der Waals surface area (Å²) in [7, 11) is 0. The SMILES string of the molecule is C=C(C)CN(CC)C(=O)COc1ccc(C#N)cc1Cl. The Hall–Kier alpha value is -1.99. The van der Waals surface area contributed by atoms with Gasteiger partial charge in [-0.1, -0.05) is 23.8 Å². The highest BCUT2D eigenvalue weighted by Gasteiger charge is 2.13. The molecule has 1 aromatic carbocycles. The number of nitrogens with zero attached hydrogens (tertiary/aromatic N) is 2. The Kier molecular flexibility index (Phi) is 6.08. The third-order valence-corrected chi connectivity index (χ3v) is 2.90. The van der Waals surface area contributed by atoms with Crippen molar-refractivity contribution in [3.63, 3.8) is 0 Å². The predicted octanol–water partition coefficient (Wildman–Crippen LogP) is 3.02. The number of ether oxygens (including phenoxy) is 1. The van der Waals surface area contributed by atoms with Crippen molar-refractivity contribution < 1.29 is 9.53 Å². The zero-order valence-corrected chi connectivity index (χ0v) is 12.4. The molecule has 106 valence electrons. The quantitative estimate of drug-likeness (QED) is 0.757. The molecule has 0 saturated carbocycles. The number of hydrogen-bond donors (Lipinski definition) is 0. The van der Waals surface area contributed by atoms with Crippen molar-refractivity contribution in [3.05, 3.63) is 40.9 Å². The van der Waals surface area contributed by atoms with Gasteiger partial charge in [0.25, 0.3) is 5.91 Å². The van der Waals surface area contributed by atoms with Gasteiger partial charge in [-0.25, -0.2) is 0 Å². The van der Waals surface area contributed by atoms with Crippen LogP contribution in [0.15, 0.2) is 30.4 Å². The second-order valence-corrected chi connectivity index (χ2v) is 4.82. The van der Waals surface area contributed by atoms with E-state index in [0.29, 0.717) is 29.4 Å². The van der Waals surface area contributed by atoms with Crippen LogP contribution >= 0.6 is 11.6 Å². The molecule has 20 heavy (non-hydrogen) atoms. The standard InChI is InChI=1S/C15H17ClN2O2/c1-4-18(9-11(2)3)15(19)10-20-14-6-5-12(8-17)7-13(14)16/h5-7H,2,4,9-10H2,1,3H3. The Balaban J connectivity index is 2.65. The Morgan fingerprint density at radius 3 is 2.75 bits per heavy atom. The lowest BCUT2D eigenvalue weighted by Gasteiger charge is -2.21. The molecule has 1 rings (SSSR count). The summed E-state index contributed by atoms with van der Waals surface area (Å²) in [6, 6.07) is 6.67. The molecular formula is C15H17ClN2O2. The average molecular weight is 293 g/mol. The summed E-state index contributed by atoms with van der Waals surface area (Å²) in [5.41, 5.74) is 1.36. The van der Waals surface area contributed by atoms with Crippen LogP contribution in [0.1, 0.15) is 19.4 Å². The first-order valence-electron chi connectivity index (χ1n) is 6.22. The lowest BCUT2D eigenvalue weighted by atomic mass is 10.2. The van der Waals surface area contributed by atoms with Crippen LogP contribution in [0.25, 0.3) is 0 Å².